The second kappa shape index (κ2) is 37.6. The van der Waals surface area contributed by atoms with Gasteiger partial charge in [-0.1, -0.05) is 0 Å². The maximum absolute atomic E-state index is 14.6. The molecular formula is C55H91N15O21. The maximum atomic E-state index is 14.6. The van der Waals surface area contributed by atoms with Gasteiger partial charge in [0.1, 0.15) is 54.4 Å². The molecule has 20 N–H and O–H groups in total. The Labute approximate surface area is 524 Å². The van der Waals surface area contributed by atoms with Crippen LogP contribution in [-0.4, -0.2) is 253 Å². The number of hydrogen-bond acceptors (Lipinski definition) is 23. The molecule has 91 heavy (non-hydrogen) atoms. The van der Waals surface area contributed by atoms with Crippen LogP contribution >= 0.6 is 0 Å². The van der Waals surface area contributed by atoms with Crippen LogP contribution in [0.1, 0.15) is 130 Å². The first kappa shape index (κ1) is 75.7. The van der Waals surface area contributed by atoms with E-state index in [-0.39, 0.29) is 128 Å². The van der Waals surface area contributed by atoms with Crippen molar-refractivity contribution < 1.29 is 103 Å². The lowest BCUT2D eigenvalue weighted by Gasteiger charge is -2.57. The lowest BCUT2D eigenvalue weighted by Crippen LogP contribution is -2.75. The number of cyclic esters (lactones) is 1. The molecule has 16 atom stereocenters. The number of ether oxygens (including phenoxy) is 1. The van der Waals surface area contributed by atoms with Crippen molar-refractivity contribution in [1.82, 2.24) is 68.2 Å². The van der Waals surface area contributed by atoms with Gasteiger partial charge in [0.2, 0.25) is 66.0 Å². The Morgan fingerprint density at radius 2 is 1.21 bits per heavy atom. The number of hydroxylamine groups is 4. The number of nitrogens with one attached hydrogen (secondary N) is 10. The van der Waals surface area contributed by atoms with Gasteiger partial charge in [0.15, 0.2) is 0 Å². The molecule has 36 nitrogen and oxygen atoms in total. The fourth-order valence-electron chi connectivity index (χ4n) is 11.4. The van der Waals surface area contributed by atoms with E-state index >= 15 is 0 Å². The molecule has 0 bridgehead atoms. The van der Waals surface area contributed by atoms with Crippen molar-refractivity contribution in [3.05, 3.63) is 0 Å². The molecule has 4 rings (SSSR count). The van der Waals surface area contributed by atoms with E-state index < -0.39 is 194 Å². The number of piperidine rings is 1. The highest BCUT2D eigenvalue weighted by molar-refractivity contribution is 5.99. The van der Waals surface area contributed by atoms with Crippen molar-refractivity contribution in [3.63, 3.8) is 0 Å². The van der Waals surface area contributed by atoms with Crippen LogP contribution in [-0.2, 0) is 71.9 Å². The Balaban J connectivity index is 1.67. The van der Waals surface area contributed by atoms with Crippen LogP contribution < -0.4 is 64.6 Å². The molecule has 16 unspecified atom stereocenters. The van der Waals surface area contributed by atoms with Crippen molar-refractivity contribution in [2.75, 3.05) is 32.7 Å². The van der Waals surface area contributed by atoms with Gasteiger partial charge < -0.3 is 84.5 Å². The summed E-state index contributed by atoms with van der Waals surface area (Å²) in [7, 11) is 0. The van der Waals surface area contributed by atoms with Gasteiger partial charge in [-0.15, -0.1) is 0 Å². The maximum Gasteiger partial charge on any atom is 0.328 e. The highest BCUT2D eigenvalue weighted by Crippen LogP contribution is 2.40. The molecule has 0 spiro atoms. The molecule has 1 aliphatic carbocycles. The summed E-state index contributed by atoms with van der Waals surface area (Å²) in [5, 5.41) is 86.8. The first-order chi connectivity index (χ1) is 43.1. The van der Waals surface area contributed by atoms with Gasteiger partial charge >= 0.3 is 17.9 Å². The van der Waals surface area contributed by atoms with Crippen molar-refractivity contribution in [1.29, 1.82) is 0 Å². The summed E-state index contributed by atoms with van der Waals surface area (Å²) >= 11 is 0. The third kappa shape index (κ3) is 23.8. The highest BCUT2D eigenvalue weighted by Gasteiger charge is 2.53. The predicted molar refractivity (Wildman–Crippen MR) is 312 cm³/mol. The normalized spacial score (nSPS) is 27.5. The Bertz CT molecular complexity index is 2560. The first-order valence-corrected chi connectivity index (χ1v) is 30.6. The number of carbonyl (C=O) groups excluding carboxylic acids is 12. The quantitative estimate of drug-likeness (QED) is 0.00978. The predicted octanol–water partition coefficient (Wildman–Crippen LogP) is -6.92. The Kier molecular flexibility index (Phi) is 31.3. The standard InChI is InChI=1S/C55H91N15O21/c1-28-47(80)59-29(2)48(81)62-33(12-8-20-68(89)26-71)50(83)65-35(11-5-7-18-57)55(88)91-30(3)45(54(87)60-28)67-51(84)32(10-4-6-17-56)63-49(82)34(13-9-21-69(90)27-72)64-52(85)37(24-44(78)79)66-53(86)38-16-19-58-46-36(61-42(75)14-15-43(76)77)22-31-23-40(73)41(74)25-39(31)70(38)46/h26-41,45-46,58,73-74,89-90H,4-25,56-57H2,1-3H3,(H,59,80)(H,60,87)(H,61,75)(H,62,81)(H,63,82)(H,64,85)(H,65,83)(H,66,86)(H,67,84)(H,76,77)(H,78,79). The third-order valence-electron chi connectivity index (χ3n) is 16.3. The van der Waals surface area contributed by atoms with Crippen LogP contribution in [0.25, 0.3) is 0 Å². The number of hydrogen-bond donors (Lipinski definition) is 18. The van der Waals surface area contributed by atoms with Gasteiger partial charge in [-0.25, -0.2) is 14.9 Å². The molecule has 3 heterocycles. The number of carboxylic acid groups (broad SMARTS) is 2. The second-order valence-electron chi connectivity index (χ2n) is 23.3. The molecule has 4 fully saturated rings. The second-order valence-corrected chi connectivity index (χ2v) is 23.3. The molecule has 0 radical (unpaired) electrons. The number of aliphatic hydroxyl groups excluding tert-OH is 2. The van der Waals surface area contributed by atoms with Crippen molar-refractivity contribution in [2.24, 2.45) is 17.4 Å². The van der Waals surface area contributed by atoms with Crippen LogP contribution in [0.5, 0.6) is 0 Å². The monoisotopic (exact) mass is 1300 g/mol. The molecular weight excluding hydrogens is 1210 g/mol. The number of unbranched alkanes of at least 4 members (excludes halogenated alkanes) is 2. The third-order valence-corrected chi connectivity index (χ3v) is 16.3. The van der Waals surface area contributed by atoms with E-state index in [1.165, 1.54) is 20.8 Å². The van der Waals surface area contributed by atoms with Gasteiger partial charge in [0, 0.05) is 25.6 Å². The minimum atomic E-state index is -1.92. The zero-order valence-corrected chi connectivity index (χ0v) is 51.3. The van der Waals surface area contributed by atoms with Crippen LogP contribution in [0.4, 0.5) is 0 Å². The van der Waals surface area contributed by atoms with E-state index in [1.807, 2.05) is 0 Å². The molecule has 4 aliphatic rings. The molecule has 0 aromatic carbocycles. The molecule has 36 heteroatoms. The summed E-state index contributed by atoms with van der Waals surface area (Å²) in [6.45, 7) is 3.47. The molecule has 512 valence electrons. The topological polar surface area (TPSA) is 552 Å². The van der Waals surface area contributed by atoms with Gasteiger partial charge in [0.25, 0.3) is 0 Å². The van der Waals surface area contributed by atoms with Gasteiger partial charge in [-0.05, 0) is 136 Å². The molecule has 0 aromatic rings. The number of nitrogens with two attached hydrogens (primary N) is 2. The molecule has 1 saturated carbocycles. The molecule has 0 aromatic heterocycles. The van der Waals surface area contributed by atoms with Crippen molar-refractivity contribution >= 4 is 83.9 Å². The minimum Gasteiger partial charge on any atom is -0.481 e. The minimum absolute atomic E-state index is 0.0260. The highest BCUT2D eigenvalue weighted by atomic mass is 16.5. The number of carboxylic acids is 2. The van der Waals surface area contributed by atoms with Crippen LogP contribution in [0.15, 0.2) is 0 Å². The van der Waals surface area contributed by atoms with Crippen LogP contribution in [0.2, 0.25) is 0 Å². The van der Waals surface area contributed by atoms with Crippen LogP contribution in [0, 0.1) is 5.92 Å². The van der Waals surface area contributed by atoms with E-state index in [1.54, 1.807) is 4.90 Å². The number of esters is 1. The molecule has 3 saturated heterocycles. The molecule has 11 amide bonds. The lowest BCUT2D eigenvalue weighted by atomic mass is 9.72. The summed E-state index contributed by atoms with van der Waals surface area (Å²) in [5.74, 6) is -13.1. The van der Waals surface area contributed by atoms with E-state index in [0.717, 1.165) is 0 Å². The largest absolute Gasteiger partial charge is 0.481 e. The van der Waals surface area contributed by atoms with E-state index in [0.29, 0.717) is 11.5 Å². The smallest absolute Gasteiger partial charge is 0.328 e. The summed E-state index contributed by atoms with van der Waals surface area (Å²) < 4.78 is 5.75. The number of fused-ring (bicyclic) bond motifs is 3. The number of rotatable bonds is 32. The number of amides is 11. The average Bonchev–Trinajstić information content (AvgIpc) is 0.774. The zero-order chi connectivity index (χ0) is 67.6. The first-order valence-electron chi connectivity index (χ1n) is 30.6. The lowest BCUT2D eigenvalue weighted by molar-refractivity contribution is -0.156. The van der Waals surface area contributed by atoms with E-state index in [4.69, 9.17) is 16.2 Å². The summed E-state index contributed by atoms with van der Waals surface area (Å²) in [6.07, 6.45) is -6.35. The summed E-state index contributed by atoms with van der Waals surface area (Å²) in [5.41, 5.74) is 11.5. The fourth-order valence-corrected chi connectivity index (χ4v) is 11.4. The number of nitrogens with zero attached hydrogens (tertiary/aromatic N) is 3. The molecule has 3 aliphatic heterocycles. The SMILES string of the molecule is CC1NC(=O)C(C)NC(=O)C(NC(=O)C(CCCCN)NC(=O)C(CCCN(O)C=O)NC(=O)C(CC(=O)O)NC(=O)C2CCNC3C(NC(=O)CCC(=O)O)CC4CC(O)C(O)CC4N23)C(C)OC(=O)C(CCCCN)NC(=O)C(CCCN(O)C=O)NC1=O. The summed E-state index contributed by atoms with van der Waals surface area (Å²) in [4.78, 5) is 188. The Morgan fingerprint density at radius 1 is 0.648 bits per heavy atom. The number of aliphatic carboxylic acids is 2. The number of carbonyl (C=O) groups is 14. The van der Waals surface area contributed by atoms with E-state index in [9.17, 15) is 98.0 Å². The Morgan fingerprint density at radius 3 is 1.84 bits per heavy atom. The van der Waals surface area contributed by atoms with Gasteiger partial charge in [-0.2, -0.15) is 0 Å². The fraction of sp³-hybridized carbons (Fsp3) is 0.745. The van der Waals surface area contributed by atoms with E-state index in [2.05, 4.69) is 53.2 Å². The van der Waals surface area contributed by atoms with Gasteiger partial charge in [-0.3, -0.25) is 83.0 Å². The zero-order valence-electron chi connectivity index (χ0n) is 51.3. The number of aliphatic hydroxyl groups is 2. The summed E-state index contributed by atoms with van der Waals surface area (Å²) in [6, 6.07) is -15.4. The Hall–Kier alpha value is -7.74. The van der Waals surface area contributed by atoms with Gasteiger partial charge in [0.05, 0.1) is 43.3 Å². The average molecular weight is 1300 g/mol. The van der Waals surface area contributed by atoms with Crippen molar-refractivity contribution in [3.8, 4) is 0 Å². The van der Waals surface area contributed by atoms with Crippen molar-refractivity contribution in [2.45, 2.75) is 221 Å². The van der Waals surface area contributed by atoms with Crippen LogP contribution in [0.3, 0.4) is 0 Å².